The minimum Gasteiger partial charge on any atom is -0.393 e. The van der Waals surface area contributed by atoms with E-state index in [-0.39, 0.29) is 12.0 Å². The minimum absolute atomic E-state index is 0.101. The maximum atomic E-state index is 10.2. The van der Waals surface area contributed by atoms with E-state index >= 15 is 0 Å². The molecule has 0 saturated heterocycles. The van der Waals surface area contributed by atoms with Crippen molar-refractivity contribution >= 4 is 0 Å². The van der Waals surface area contributed by atoms with Gasteiger partial charge in [0.15, 0.2) is 0 Å². The quantitative estimate of drug-likeness (QED) is 0.485. The third kappa shape index (κ3) is 3.42. The van der Waals surface area contributed by atoms with Crippen molar-refractivity contribution in [1.29, 1.82) is 0 Å². The number of aliphatic hydroxyl groups is 1. The van der Waals surface area contributed by atoms with Gasteiger partial charge in [-0.05, 0) is 97.7 Å². The monoisotopic (exact) mass is 390 g/mol. The van der Waals surface area contributed by atoms with Crippen LogP contribution < -0.4 is 0 Å². The van der Waals surface area contributed by atoms with Gasteiger partial charge in [0.1, 0.15) is 0 Å². The first-order valence-corrected chi connectivity index (χ1v) is 12.3. The number of allylic oxidation sites excluding steroid dienone is 1. The molecular weight excluding hydrogens is 340 g/mol. The van der Waals surface area contributed by atoms with Crippen LogP contribution in [0.25, 0.3) is 0 Å². The van der Waals surface area contributed by atoms with E-state index in [0.29, 0.717) is 24.6 Å². The molecule has 160 valence electrons. The van der Waals surface area contributed by atoms with Gasteiger partial charge < -0.3 is 5.11 Å². The molecule has 0 aromatic rings. The molecular formula is C27H46O. The van der Waals surface area contributed by atoms with Crippen molar-refractivity contribution in [2.24, 2.45) is 46.3 Å². The summed E-state index contributed by atoms with van der Waals surface area (Å²) in [6, 6.07) is 0. The predicted octanol–water partition coefficient (Wildman–Crippen LogP) is 7.39. The molecule has 0 aromatic carbocycles. The van der Waals surface area contributed by atoms with Gasteiger partial charge in [0.2, 0.25) is 0 Å². The number of rotatable bonds is 5. The lowest BCUT2D eigenvalue weighted by Gasteiger charge is -2.58. The molecule has 0 radical (unpaired) electrons. The SMILES string of the molecule is [3H]CC(C[3H])CCC[C@@H](C)[C@H]1CC[C@H]2[C@@H]3CC=C4C[C@@H](O)CC[C@]4(C)[C@H]3CC[C@]12C. The highest BCUT2D eigenvalue weighted by Gasteiger charge is 2.59. The first-order chi connectivity index (χ1) is 14.3. The predicted molar refractivity (Wildman–Crippen MR) is 119 cm³/mol. The summed E-state index contributed by atoms with van der Waals surface area (Å²) in [5.74, 6) is 4.52. The average molecular weight is 391 g/mol. The van der Waals surface area contributed by atoms with Gasteiger partial charge in [-0.1, -0.05) is 65.5 Å². The molecule has 4 aliphatic rings. The summed E-state index contributed by atoms with van der Waals surface area (Å²) in [5.41, 5.74) is 2.46. The summed E-state index contributed by atoms with van der Waals surface area (Å²) in [4.78, 5) is 0. The van der Waals surface area contributed by atoms with Gasteiger partial charge in [0, 0.05) is 2.74 Å². The van der Waals surface area contributed by atoms with Crippen LogP contribution in [0.15, 0.2) is 11.6 Å². The van der Waals surface area contributed by atoms with Gasteiger partial charge in [-0.25, -0.2) is 0 Å². The van der Waals surface area contributed by atoms with Crippen molar-refractivity contribution in [3.8, 4) is 0 Å². The fourth-order valence-electron chi connectivity index (χ4n) is 8.55. The highest BCUT2D eigenvalue weighted by atomic mass is 16.3. The van der Waals surface area contributed by atoms with E-state index < -0.39 is 0 Å². The van der Waals surface area contributed by atoms with Crippen LogP contribution in [0.2, 0.25) is 0 Å². The molecule has 1 heteroatoms. The third-order valence-corrected chi connectivity index (χ3v) is 10.1. The summed E-state index contributed by atoms with van der Waals surface area (Å²) in [7, 11) is 0. The molecule has 28 heavy (non-hydrogen) atoms. The molecule has 4 rings (SSSR count). The lowest BCUT2D eigenvalue weighted by Crippen LogP contribution is -2.50. The standard InChI is InChI=1S/C27H46O/c1-18(2)7-6-8-19(3)23-11-12-24-22-10-9-20-17-21(28)13-15-26(20,4)25(22)14-16-27(23,24)5/h9,18-19,21-25,28H,6-8,10-17H2,1-5H3/t19-,21+,22+,23-,24+,25+,26+,27-/m1/s1/i1T,2T. The van der Waals surface area contributed by atoms with E-state index in [1.807, 2.05) is 0 Å². The van der Waals surface area contributed by atoms with Crippen LogP contribution in [0.1, 0.15) is 108 Å². The Morgan fingerprint density at radius 3 is 2.71 bits per heavy atom. The Hall–Kier alpha value is -0.300. The molecule has 1 nitrogen and oxygen atoms in total. The number of hydrogen-bond acceptors (Lipinski definition) is 1. The topological polar surface area (TPSA) is 20.2 Å². The van der Waals surface area contributed by atoms with E-state index in [9.17, 15) is 5.11 Å². The highest BCUT2D eigenvalue weighted by molar-refractivity contribution is 5.25. The molecule has 3 fully saturated rings. The van der Waals surface area contributed by atoms with Crippen molar-refractivity contribution in [1.82, 2.24) is 0 Å². The fraction of sp³-hybridized carbons (Fsp3) is 0.926. The van der Waals surface area contributed by atoms with Crippen molar-refractivity contribution in [2.45, 2.75) is 111 Å². The third-order valence-electron chi connectivity index (χ3n) is 10.1. The summed E-state index contributed by atoms with van der Waals surface area (Å²) >= 11 is 0. The van der Waals surface area contributed by atoms with Crippen LogP contribution in [0.4, 0.5) is 0 Å². The molecule has 8 atom stereocenters. The highest BCUT2D eigenvalue weighted by Crippen LogP contribution is 2.67. The Labute approximate surface area is 177 Å². The molecule has 0 aliphatic heterocycles. The Morgan fingerprint density at radius 1 is 1.11 bits per heavy atom. The maximum absolute atomic E-state index is 10.2. The van der Waals surface area contributed by atoms with Crippen LogP contribution in [-0.2, 0) is 0 Å². The van der Waals surface area contributed by atoms with Crippen molar-refractivity contribution < 1.29 is 7.85 Å². The summed E-state index contributed by atoms with van der Waals surface area (Å²) in [6.45, 7) is 8.54. The van der Waals surface area contributed by atoms with E-state index in [2.05, 4.69) is 26.8 Å². The van der Waals surface area contributed by atoms with Crippen LogP contribution in [-0.4, -0.2) is 11.2 Å². The largest absolute Gasteiger partial charge is 0.393 e. The van der Waals surface area contributed by atoms with Gasteiger partial charge in [-0.2, -0.15) is 0 Å². The molecule has 0 spiro atoms. The molecule has 4 aliphatic carbocycles. The number of hydrogen-bond donors (Lipinski definition) is 1. The normalized spacial score (nSPS) is 47.5. The van der Waals surface area contributed by atoms with Crippen LogP contribution >= 0.6 is 0 Å². The van der Waals surface area contributed by atoms with Crippen LogP contribution in [0.5, 0.6) is 0 Å². The molecule has 3 saturated carbocycles. The Bertz CT molecular complexity index is 628. The van der Waals surface area contributed by atoms with Crippen molar-refractivity contribution in [2.75, 3.05) is 0 Å². The number of aliphatic hydroxyl groups excluding tert-OH is 1. The van der Waals surface area contributed by atoms with Gasteiger partial charge in [-0.3, -0.25) is 0 Å². The molecule has 0 heterocycles. The molecule has 0 aromatic heterocycles. The van der Waals surface area contributed by atoms with Crippen molar-refractivity contribution in [3.05, 3.63) is 11.6 Å². The van der Waals surface area contributed by atoms with E-state index in [1.54, 1.807) is 5.57 Å². The molecule has 1 N–H and O–H groups in total. The molecule has 0 bridgehead atoms. The first-order valence-electron chi connectivity index (χ1n) is 13.7. The minimum atomic E-state index is -0.101. The lowest BCUT2D eigenvalue weighted by atomic mass is 9.47. The van der Waals surface area contributed by atoms with Gasteiger partial charge in [0.05, 0.1) is 6.10 Å². The Morgan fingerprint density at radius 2 is 1.93 bits per heavy atom. The summed E-state index contributed by atoms with van der Waals surface area (Å²) in [6.07, 6.45) is 16.1. The zero-order chi connectivity index (χ0) is 21.5. The van der Waals surface area contributed by atoms with Crippen LogP contribution in [0.3, 0.4) is 0 Å². The average Bonchev–Trinajstić information content (AvgIpc) is 3.09. The zero-order valence-electron chi connectivity index (χ0n) is 20.8. The Kier molecular flexibility index (Phi) is 5.11. The van der Waals surface area contributed by atoms with E-state index in [0.717, 1.165) is 48.9 Å². The zero-order valence-corrected chi connectivity index (χ0v) is 18.8. The van der Waals surface area contributed by atoms with E-state index in [4.69, 9.17) is 2.74 Å². The second kappa shape index (κ2) is 7.75. The van der Waals surface area contributed by atoms with Gasteiger partial charge in [-0.15, -0.1) is 0 Å². The van der Waals surface area contributed by atoms with Crippen LogP contribution in [0, 0.1) is 46.3 Å². The second-order valence-corrected chi connectivity index (χ2v) is 11.7. The fourth-order valence-corrected chi connectivity index (χ4v) is 8.55. The molecule has 0 unspecified atom stereocenters. The second-order valence-electron chi connectivity index (χ2n) is 11.7. The van der Waals surface area contributed by atoms with E-state index in [1.165, 1.54) is 51.4 Å². The van der Waals surface area contributed by atoms with Gasteiger partial charge >= 0.3 is 0 Å². The smallest absolute Gasteiger partial charge is 0.0577 e. The lowest BCUT2D eigenvalue weighted by molar-refractivity contribution is -0.0573. The van der Waals surface area contributed by atoms with Gasteiger partial charge in [0.25, 0.3) is 0 Å². The number of fused-ring (bicyclic) bond motifs is 5. The van der Waals surface area contributed by atoms with Crippen molar-refractivity contribution in [3.63, 3.8) is 0 Å². The molecule has 0 amide bonds. The summed E-state index contributed by atoms with van der Waals surface area (Å²) in [5, 5.41) is 10.2. The summed E-state index contributed by atoms with van der Waals surface area (Å²) < 4.78 is 15.2. The maximum Gasteiger partial charge on any atom is 0.0577 e. The first kappa shape index (κ1) is 18.5. The Balaban J connectivity index is 1.44.